The summed E-state index contributed by atoms with van der Waals surface area (Å²) in [6.45, 7) is 0. The van der Waals surface area contributed by atoms with Crippen LogP contribution >= 0.6 is 11.6 Å². The Morgan fingerprint density at radius 1 is 0.811 bits per heavy atom. The molecule has 0 aliphatic rings. The van der Waals surface area contributed by atoms with E-state index in [1.807, 2.05) is 0 Å². The average molecular weight is 529 g/mol. The number of nitrogens with zero attached hydrogens (tertiary/aromatic N) is 1. The van der Waals surface area contributed by atoms with Crippen LogP contribution in [0.2, 0.25) is 5.02 Å². The number of carbonyl (C=O) groups excluding carboxylic acids is 2. The molecule has 1 amide bonds. The molecule has 0 saturated heterocycles. The van der Waals surface area contributed by atoms with E-state index in [2.05, 4.69) is 5.32 Å². The fraction of sp³-hybridized carbons (Fsp3) is 0.0417. The van der Waals surface area contributed by atoms with Crippen LogP contribution in [0, 0.1) is 10.1 Å². The SMILES string of the molecule is O=C(O)CC(=O)Nc1ccccc1C(=O)O.O=C(O)c1ccc(Cl)cc1C(=O)c1cccc([N+](=O)[O-])c1. The van der Waals surface area contributed by atoms with Crippen LogP contribution in [0.3, 0.4) is 0 Å². The number of amides is 1. The third-order valence-corrected chi connectivity index (χ3v) is 4.75. The number of hydrogen-bond donors (Lipinski definition) is 4. The van der Waals surface area contributed by atoms with Gasteiger partial charge in [-0.15, -0.1) is 0 Å². The molecule has 0 aliphatic heterocycles. The van der Waals surface area contributed by atoms with Gasteiger partial charge in [-0.25, -0.2) is 9.59 Å². The van der Waals surface area contributed by atoms with Crippen LogP contribution < -0.4 is 5.32 Å². The van der Waals surface area contributed by atoms with Gasteiger partial charge in [0.15, 0.2) is 5.78 Å². The number of para-hydroxylation sites is 1. The second kappa shape index (κ2) is 12.6. The number of aromatic carboxylic acids is 2. The highest BCUT2D eigenvalue weighted by Gasteiger charge is 2.20. The van der Waals surface area contributed by atoms with Crippen molar-refractivity contribution in [1.29, 1.82) is 0 Å². The van der Waals surface area contributed by atoms with Crippen LogP contribution in [0.1, 0.15) is 43.1 Å². The first-order chi connectivity index (χ1) is 17.4. The van der Waals surface area contributed by atoms with Gasteiger partial charge in [0, 0.05) is 28.3 Å². The molecule has 0 heterocycles. The van der Waals surface area contributed by atoms with Gasteiger partial charge in [0.25, 0.3) is 5.69 Å². The summed E-state index contributed by atoms with van der Waals surface area (Å²) in [5.74, 6) is -5.14. The van der Waals surface area contributed by atoms with Crippen LogP contribution in [-0.4, -0.2) is 49.8 Å². The van der Waals surface area contributed by atoms with E-state index < -0.39 is 40.9 Å². The van der Waals surface area contributed by atoms with Crippen molar-refractivity contribution < 1.29 is 44.2 Å². The van der Waals surface area contributed by atoms with Gasteiger partial charge in [-0.1, -0.05) is 35.9 Å². The number of nitro groups is 1. The number of carboxylic acids is 3. The number of benzene rings is 3. The van der Waals surface area contributed by atoms with Gasteiger partial charge in [-0.05, 0) is 30.3 Å². The first-order valence-corrected chi connectivity index (χ1v) is 10.4. The third-order valence-electron chi connectivity index (χ3n) is 4.52. The van der Waals surface area contributed by atoms with Crippen molar-refractivity contribution in [3.8, 4) is 0 Å². The van der Waals surface area contributed by atoms with Gasteiger partial charge < -0.3 is 20.6 Å². The lowest BCUT2D eigenvalue weighted by Gasteiger charge is -2.06. The highest BCUT2D eigenvalue weighted by atomic mass is 35.5. The van der Waals surface area contributed by atoms with Crippen LogP contribution in [-0.2, 0) is 9.59 Å². The maximum Gasteiger partial charge on any atom is 0.337 e. The summed E-state index contributed by atoms with van der Waals surface area (Å²) in [5, 5.41) is 39.4. The zero-order valence-electron chi connectivity index (χ0n) is 18.6. The molecule has 0 atom stereocenters. The van der Waals surface area contributed by atoms with Crippen LogP contribution in [0.25, 0.3) is 0 Å². The normalized spacial score (nSPS) is 9.86. The van der Waals surface area contributed by atoms with Gasteiger partial charge >= 0.3 is 17.9 Å². The molecule has 3 aromatic carbocycles. The fourth-order valence-corrected chi connectivity index (χ4v) is 3.09. The Hall–Kier alpha value is -5.10. The quantitative estimate of drug-likeness (QED) is 0.143. The molecule has 0 aliphatic carbocycles. The number of carbonyl (C=O) groups is 5. The fourth-order valence-electron chi connectivity index (χ4n) is 2.92. The molecule has 3 rings (SSSR count). The minimum absolute atomic E-state index is 0.0222. The number of nitro benzene ring substituents is 1. The summed E-state index contributed by atoms with van der Waals surface area (Å²) >= 11 is 5.78. The van der Waals surface area contributed by atoms with Gasteiger partial charge in [0.2, 0.25) is 5.91 Å². The van der Waals surface area contributed by atoms with Crippen molar-refractivity contribution in [2.75, 3.05) is 5.32 Å². The number of carboxylic acid groups (broad SMARTS) is 3. The molecule has 12 nitrogen and oxygen atoms in total. The monoisotopic (exact) mass is 528 g/mol. The summed E-state index contributed by atoms with van der Waals surface area (Å²) < 4.78 is 0. The van der Waals surface area contributed by atoms with E-state index in [4.69, 9.17) is 26.9 Å². The van der Waals surface area contributed by atoms with Crippen LogP contribution in [0.15, 0.2) is 66.7 Å². The van der Waals surface area contributed by atoms with E-state index in [1.54, 1.807) is 6.07 Å². The van der Waals surface area contributed by atoms with E-state index in [9.17, 15) is 34.1 Å². The Kier molecular flexibility index (Phi) is 9.55. The molecule has 13 heteroatoms. The number of rotatable bonds is 8. The lowest BCUT2D eigenvalue weighted by atomic mass is 9.98. The summed E-state index contributed by atoms with van der Waals surface area (Å²) in [5.41, 5.74) is -0.553. The summed E-state index contributed by atoms with van der Waals surface area (Å²) in [7, 11) is 0. The number of ketones is 1. The smallest absolute Gasteiger partial charge is 0.337 e. The Morgan fingerprint density at radius 2 is 1.46 bits per heavy atom. The predicted octanol–water partition coefficient (Wildman–Crippen LogP) is 3.98. The van der Waals surface area contributed by atoms with E-state index in [0.717, 1.165) is 6.07 Å². The number of hydrogen-bond acceptors (Lipinski definition) is 7. The standard InChI is InChI=1S/C14H8ClNO5.C10H9NO5/c15-9-4-5-11(14(18)19)12(7-9)13(17)8-2-1-3-10(6-8)16(20)21;12-8(5-9(13)14)11-7-4-2-1-3-6(7)10(15)16/h1-7H,(H,18,19);1-4H,5H2,(H,11,12)(H,13,14)(H,15,16). The Labute approximate surface area is 212 Å². The summed E-state index contributed by atoms with van der Waals surface area (Å²) in [6, 6.07) is 14.6. The zero-order chi connectivity index (χ0) is 27.7. The van der Waals surface area contributed by atoms with E-state index >= 15 is 0 Å². The van der Waals surface area contributed by atoms with Crippen molar-refractivity contribution >= 4 is 52.6 Å². The molecule has 37 heavy (non-hydrogen) atoms. The van der Waals surface area contributed by atoms with Gasteiger partial charge in [0.1, 0.15) is 6.42 Å². The Bertz CT molecular complexity index is 1400. The van der Waals surface area contributed by atoms with Crippen molar-refractivity contribution in [1.82, 2.24) is 0 Å². The van der Waals surface area contributed by atoms with Crippen molar-refractivity contribution in [2.24, 2.45) is 0 Å². The lowest BCUT2D eigenvalue weighted by molar-refractivity contribution is -0.384. The maximum absolute atomic E-state index is 12.4. The molecular weight excluding hydrogens is 512 g/mol. The summed E-state index contributed by atoms with van der Waals surface area (Å²) in [6.07, 6.45) is -0.700. The molecule has 0 aromatic heterocycles. The van der Waals surface area contributed by atoms with Crippen LogP contribution in [0.4, 0.5) is 11.4 Å². The van der Waals surface area contributed by atoms with Crippen molar-refractivity contribution in [3.63, 3.8) is 0 Å². The molecule has 0 unspecified atom stereocenters. The molecule has 0 radical (unpaired) electrons. The molecule has 0 fully saturated rings. The second-order valence-corrected chi connectivity index (χ2v) is 7.54. The van der Waals surface area contributed by atoms with Gasteiger partial charge in [0.05, 0.1) is 21.7 Å². The Balaban J connectivity index is 0.000000271. The Morgan fingerprint density at radius 3 is 2.05 bits per heavy atom. The molecule has 190 valence electrons. The predicted molar refractivity (Wildman–Crippen MR) is 129 cm³/mol. The highest BCUT2D eigenvalue weighted by molar-refractivity contribution is 6.31. The molecule has 3 aromatic rings. The first-order valence-electron chi connectivity index (χ1n) is 10.1. The van der Waals surface area contributed by atoms with E-state index in [0.29, 0.717) is 0 Å². The summed E-state index contributed by atoms with van der Waals surface area (Å²) in [4.78, 5) is 65.7. The molecule has 0 saturated carbocycles. The largest absolute Gasteiger partial charge is 0.481 e. The maximum atomic E-state index is 12.4. The molecule has 0 bridgehead atoms. The number of nitrogens with one attached hydrogen (secondary N) is 1. The number of halogens is 1. The second-order valence-electron chi connectivity index (χ2n) is 7.10. The third kappa shape index (κ3) is 7.97. The zero-order valence-corrected chi connectivity index (χ0v) is 19.3. The van der Waals surface area contributed by atoms with Crippen molar-refractivity contribution in [2.45, 2.75) is 6.42 Å². The molecular formula is C24H17ClN2O10. The first kappa shape index (κ1) is 28.1. The van der Waals surface area contributed by atoms with Crippen molar-refractivity contribution in [3.05, 3.63) is 104 Å². The van der Waals surface area contributed by atoms with Crippen LogP contribution in [0.5, 0.6) is 0 Å². The number of aliphatic carboxylic acids is 1. The van der Waals surface area contributed by atoms with E-state index in [-0.39, 0.29) is 38.7 Å². The molecule has 0 spiro atoms. The van der Waals surface area contributed by atoms with E-state index in [1.165, 1.54) is 54.6 Å². The minimum Gasteiger partial charge on any atom is -0.481 e. The number of non-ortho nitro benzene ring substituents is 1. The lowest BCUT2D eigenvalue weighted by Crippen LogP contribution is -2.17. The minimum atomic E-state index is -1.28. The topological polar surface area (TPSA) is 201 Å². The number of anilines is 1. The van der Waals surface area contributed by atoms with Gasteiger partial charge in [-0.2, -0.15) is 0 Å². The average Bonchev–Trinajstić information content (AvgIpc) is 2.83. The molecule has 4 N–H and O–H groups in total. The van der Waals surface area contributed by atoms with Gasteiger partial charge in [-0.3, -0.25) is 24.5 Å². The highest BCUT2D eigenvalue weighted by Crippen LogP contribution is 2.22.